The summed E-state index contributed by atoms with van der Waals surface area (Å²) >= 11 is 7.35. The molecule has 0 spiro atoms. The minimum Gasteiger partial charge on any atom is -0.481 e. The number of carboxylic acids is 1. The molecule has 23 heavy (non-hydrogen) atoms. The number of carboxylic acid groups (broad SMARTS) is 1. The Hall–Kier alpha value is -1.92. The van der Waals surface area contributed by atoms with Gasteiger partial charge in [0, 0.05) is 29.1 Å². The van der Waals surface area contributed by atoms with Gasteiger partial charge in [-0.15, -0.1) is 11.3 Å². The predicted octanol–water partition coefficient (Wildman–Crippen LogP) is 3.40. The predicted molar refractivity (Wildman–Crippen MR) is 88.8 cm³/mol. The number of hydrogen-bond donors (Lipinski definition) is 1. The average Bonchev–Trinajstić information content (AvgIpc) is 3.04. The Morgan fingerprint density at radius 3 is 2.96 bits per heavy atom. The molecule has 3 rings (SSSR count). The maximum absolute atomic E-state index is 12.5. The van der Waals surface area contributed by atoms with Crippen molar-refractivity contribution in [2.75, 3.05) is 13.1 Å². The molecule has 1 fully saturated rings. The lowest BCUT2D eigenvalue weighted by molar-refractivity contribution is -0.143. The number of amides is 1. The summed E-state index contributed by atoms with van der Waals surface area (Å²) in [6, 6.07) is 7.31. The molecule has 120 valence electrons. The summed E-state index contributed by atoms with van der Waals surface area (Å²) in [5.74, 6) is -1.54. The molecule has 1 N–H and O–H groups in total. The lowest BCUT2D eigenvalue weighted by Crippen LogP contribution is -2.42. The third kappa shape index (κ3) is 3.54. The molecule has 0 unspecified atom stereocenters. The average molecular weight is 351 g/mol. The Morgan fingerprint density at radius 2 is 2.22 bits per heavy atom. The molecule has 0 bridgehead atoms. The third-order valence-electron chi connectivity index (χ3n) is 3.85. The molecule has 0 saturated carbocycles. The summed E-state index contributed by atoms with van der Waals surface area (Å²) in [7, 11) is 0. The van der Waals surface area contributed by atoms with E-state index < -0.39 is 11.9 Å². The van der Waals surface area contributed by atoms with Gasteiger partial charge in [-0.05, 0) is 25.0 Å². The first-order valence-corrected chi connectivity index (χ1v) is 8.54. The van der Waals surface area contributed by atoms with Crippen LogP contribution < -0.4 is 0 Å². The van der Waals surface area contributed by atoms with Crippen molar-refractivity contribution in [1.82, 2.24) is 9.88 Å². The van der Waals surface area contributed by atoms with E-state index in [1.54, 1.807) is 22.4 Å². The summed E-state index contributed by atoms with van der Waals surface area (Å²) in [5.41, 5.74) is 1.22. The van der Waals surface area contributed by atoms with Crippen LogP contribution in [0.25, 0.3) is 10.6 Å². The largest absolute Gasteiger partial charge is 0.481 e. The summed E-state index contributed by atoms with van der Waals surface area (Å²) < 4.78 is 0. The van der Waals surface area contributed by atoms with Crippen LogP contribution in [-0.4, -0.2) is 40.0 Å². The normalized spacial score (nSPS) is 18.0. The molecule has 2 aromatic rings. The van der Waals surface area contributed by atoms with Crippen molar-refractivity contribution in [3.05, 3.63) is 40.4 Å². The molecule has 5 nitrogen and oxygen atoms in total. The Bertz CT molecular complexity index is 746. The maximum Gasteiger partial charge on any atom is 0.308 e. The highest BCUT2D eigenvalue weighted by atomic mass is 35.5. The minimum atomic E-state index is -0.847. The second-order valence-corrected chi connectivity index (χ2v) is 6.77. The summed E-state index contributed by atoms with van der Waals surface area (Å²) in [4.78, 5) is 29.6. The van der Waals surface area contributed by atoms with Crippen LogP contribution in [0, 0.1) is 5.92 Å². The molecule has 2 heterocycles. The van der Waals surface area contributed by atoms with E-state index in [0.29, 0.717) is 30.1 Å². The van der Waals surface area contributed by atoms with E-state index in [1.165, 1.54) is 11.3 Å². The van der Waals surface area contributed by atoms with Gasteiger partial charge in [0.25, 0.3) is 5.91 Å². The molecule has 1 amide bonds. The number of likely N-dealkylation sites (tertiary alicyclic amines) is 1. The van der Waals surface area contributed by atoms with E-state index in [2.05, 4.69) is 4.98 Å². The standard InChI is InChI=1S/C16H15ClN2O3S/c17-12-5-1-3-10(7-12)14-18-13(9-23-14)15(20)19-6-2-4-11(8-19)16(21)22/h1,3,5,7,9,11H,2,4,6,8H2,(H,21,22)/t11-/m1/s1. The van der Waals surface area contributed by atoms with Crippen molar-refractivity contribution in [2.24, 2.45) is 5.92 Å². The van der Waals surface area contributed by atoms with E-state index >= 15 is 0 Å². The van der Waals surface area contributed by atoms with Gasteiger partial charge >= 0.3 is 5.97 Å². The molecule has 1 saturated heterocycles. The lowest BCUT2D eigenvalue weighted by atomic mass is 9.98. The summed E-state index contributed by atoms with van der Waals surface area (Å²) in [6.45, 7) is 0.824. The molecular formula is C16H15ClN2O3S. The summed E-state index contributed by atoms with van der Waals surface area (Å²) in [6.07, 6.45) is 1.32. The van der Waals surface area contributed by atoms with Crippen LogP contribution in [0.2, 0.25) is 5.02 Å². The number of thiazole rings is 1. The smallest absolute Gasteiger partial charge is 0.308 e. The van der Waals surface area contributed by atoms with Crippen molar-refractivity contribution in [1.29, 1.82) is 0 Å². The monoisotopic (exact) mass is 350 g/mol. The number of carbonyl (C=O) groups excluding carboxylic acids is 1. The highest BCUT2D eigenvalue weighted by Crippen LogP contribution is 2.27. The molecular weight excluding hydrogens is 336 g/mol. The van der Waals surface area contributed by atoms with Gasteiger partial charge in [-0.1, -0.05) is 23.7 Å². The second-order valence-electron chi connectivity index (χ2n) is 5.48. The van der Waals surface area contributed by atoms with Crippen molar-refractivity contribution < 1.29 is 14.7 Å². The number of benzene rings is 1. The van der Waals surface area contributed by atoms with Gasteiger partial charge in [-0.25, -0.2) is 4.98 Å². The number of rotatable bonds is 3. The topological polar surface area (TPSA) is 70.5 Å². The van der Waals surface area contributed by atoms with Gasteiger partial charge in [-0.2, -0.15) is 0 Å². The van der Waals surface area contributed by atoms with Crippen LogP contribution in [0.3, 0.4) is 0 Å². The van der Waals surface area contributed by atoms with Crippen LogP contribution in [0.5, 0.6) is 0 Å². The van der Waals surface area contributed by atoms with Gasteiger partial charge < -0.3 is 10.0 Å². The molecule has 1 aromatic carbocycles. The molecule has 1 atom stereocenters. The first kappa shape index (κ1) is 16.0. The zero-order valence-corrected chi connectivity index (χ0v) is 13.8. The van der Waals surface area contributed by atoms with Gasteiger partial charge in [0.1, 0.15) is 10.7 Å². The van der Waals surface area contributed by atoms with E-state index in [-0.39, 0.29) is 12.5 Å². The fourth-order valence-corrected chi connectivity index (χ4v) is 3.63. The number of halogens is 1. The van der Waals surface area contributed by atoms with E-state index in [9.17, 15) is 9.59 Å². The summed E-state index contributed by atoms with van der Waals surface area (Å²) in [5, 5.41) is 12.2. The van der Waals surface area contributed by atoms with E-state index in [0.717, 1.165) is 10.6 Å². The first-order valence-electron chi connectivity index (χ1n) is 7.28. The quantitative estimate of drug-likeness (QED) is 0.921. The fourth-order valence-electron chi connectivity index (χ4n) is 2.65. The van der Waals surface area contributed by atoms with Crippen LogP contribution in [0.15, 0.2) is 29.6 Å². The number of carbonyl (C=O) groups is 2. The van der Waals surface area contributed by atoms with Crippen LogP contribution in [-0.2, 0) is 4.79 Å². The van der Waals surface area contributed by atoms with Crippen LogP contribution in [0.1, 0.15) is 23.3 Å². The molecule has 1 aromatic heterocycles. The molecule has 0 aliphatic carbocycles. The Morgan fingerprint density at radius 1 is 1.39 bits per heavy atom. The molecule has 1 aliphatic rings. The van der Waals surface area contributed by atoms with Crippen LogP contribution in [0.4, 0.5) is 0 Å². The van der Waals surface area contributed by atoms with Crippen molar-refractivity contribution in [2.45, 2.75) is 12.8 Å². The van der Waals surface area contributed by atoms with Crippen molar-refractivity contribution in [3.8, 4) is 10.6 Å². The highest BCUT2D eigenvalue weighted by molar-refractivity contribution is 7.13. The Kier molecular flexibility index (Phi) is 4.63. The SMILES string of the molecule is O=C(O)[C@@H]1CCCN(C(=O)c2csc(-c3cccc(Cl)c3)n2)C1. The van der Waals surface area contributed by atoms with Crippen molar-refractivity contribution in [3.63, 3.8) is 0 Å². The van der Waals surface area contributed by atoms with E-state index in [1.807, 2.05) is 12.1 Å². The number of aromatic nitrogens is 1. The molecule has 0 radical (unpaired) electrons. The molecule has 7 heteroatoms. The van der Waals surface area contributed by atoms with Gasteiger partial charge in [-0.3, -0.25) is 9.59 Å². The van der Waals surface area contributed by atoms with Crippen molar-refractivity contribution >= 4 is 34.8 Å². The minimum absolute atomic E-state index is 0.208. The maximum atomic E-state index is 12.5. The molecule has 1 aliphatic heterocycles. The van der Waals surface area contributed by atoms with Gasteiger partial charge in [0.2, 0.25) is 0 Å². The third-order valence-corrected chi connectivity index (χ3v) is 4.98. The first-order chi connectivity index (χ1) is 11.0. The number of nitrogens with zero attached hydrogens (tertiary/aromatic N) is 2. The Labute approximate surface area is 142 Å². The van der Waals surface area contributed by atoms with Crippen LogP contribution >= 0.6 is 22.9 Å². The second kappa shape index (κ2) is 6.68. The number of hydrogen-bond acceptors (Lipinski definition) is 4. The number of piperidine rings is 1. The van der Waals surface area contributed by atoms with E-state index in [4.69, 9.17) is 16.7 Å². The van der Waals surface area contributed by atoms with Gasteiger partial charge in [0.05, 0.1) is 5.92 Å². The fraction of sp³-hybridized carbons (Fsp3) is 0.312. The zero-order chi connectivity index (χ0) is 16.4. The lowest BCUT2D eigenvalue weighted by Gasteiger charge is -2.30. The number of aliphatic carboxylic acids is 1. The highest BCUT2D eigenvalue weighted by Gasteiger charge is 2.29. The zero-order valence-electron chi connectivity index (χ0n) is 12.2. The Balaban J connectivity index is 1.77. The van der Waals surface area contributed by atoms with Gasteiger partial charge in [0.15, 0.2) is 0 Å².